The molecule has 1 atom stereocenters. The molecule has 0 aliphatic rings. The molecule has 0 amide bonds. The van der Waals surface area contributed by atoms with E-state index in [0.29, 0.717) is 5.56 Å². The van der Waals surface area contributed by atoms with Crippen molar-refractivity contribution in [2.45, 2.75) is 12.5 Å². The van der Waals surface area contributed by atoms with E-state index in [1.165, 1.54) is 12.1 Å². The fraction of sp³-hybridized carbons (Fsp3) is 0.222. The SMILES string of the molecule is [2H]Oc1ccc(C[C@H](N)C(=O)O)cc1Cl. The predicted octanol–water partition coefficient (Wildman–Crippen LogP) is 1.000. The van der Waals surface area contributed by atoms with Crippen molar-refractivity contribution in [1.82, 2.24) is 0 Å². The van der Waals surface area contributed by atoms with Crippen LogP contribution < -0.4 is 5.73 Å². The number of carboxylic acid groups (broad SMARTS) is 1. The Kier molecular flexibility index (Phi) is 2.86. The Morgan fingerprint density at radius 1 is 1.71 bits per heavy atom. The van der Waals surface area contributed by atoms with E-state index >= 15 is 0 Å². The first-order valence-electron chi connectivity index (χ1n) is 4.35. The van der Waals surface area contributed by atoms with Gasteiger partial charge in [0, 0.05) is 0 Å². The summed E-state index contributed by atoms with van der Waals surface area (Å²) in [5, 5.41) is 13.1. The van der Waals surface area contributed by atoms with Crippen LogP contribution in [0, 0.1) is 0 Å². The molecule has 1 aromatic rings. The minimum Gasteiger partial charge on any atom is -0.506 e. The highest BCUT2D eigenvalue weighted by Gasteiger charge is 2.12. The van der Waals surface area contributed by atoms with Crippen LogP contribution in [0.4, 0.5) is 0 Å². The van der Waals surface area contributed by atoms with Crippen LogP contribution in [0.3, 0.4) is 0 Å². The first-order valence-corrected chi connectivity index (χ1v) is 4.32. The molecule has 0 fully saturated rings. The van der Waals surface area contributed by atoms with Crippen LogP contribution >= 0.6 is 11.6 Å². The zero-order chi connectivity index (χ0) is 11.4. The summed E-state index contributed by atoms with van der Waals surface area (Å²) < 4.78 is 6.66. The van der Waals surface area contributed by atoms with Gasteiger partial charge in [-0.1, -0.05) is 17.7 Å². The Balaban J connectivity index is 2.79. The zero-order valence-corrected chi connectivity index (χ0v) is 7.99. The largest absolute Gasteiger partial charge is 0.506 e. The molecule has 0 spiro atoms. The van der Waals surface area contributed by atoms with E-state index in [4.69, 9.17) is 23.9 Å². The van der Waals surface area contributed by atoms with Gasteiger partial charge in [-0.25, -0.2) is 0 Å². The standard InChI is InChI=1S/C9H10ClNO3/c10-6-3-5(1-2-8(6)12)4-7(11)9(13)14/h1-3,7,12H,4,11H2,(H,13,14)/t7-/m0/s1/i/hD. The first kappa shape index (κ1) is 9.30. The van der Waals surface area contributed by atoms with Crippen LogP contribution in [0.2, 0.25) is 5.02 Å². The maximum atomic E-state index is 10.5. The molecule has 14 heavy (non-hydrogen) atoms. The lowest BCUT2D eigenvalue weighted by Gasteiger charge is -2.06. The lowest BCUT2D eigenvalue weighted by molar-refractivity contribution is -0.138. The van der Waals surface area contributed by atoms with Crippen LogP contribution in [0.1, 0.15) is 5.56 Å². The molecule has 1 aromatic carbocycles. The van der Waals surface area contributed by atoms with Crippen molar-refractivity contribution in [2.24, 2.45) is 5.73 Å². The summed E-state index contributed by atoms with van der Waals surface area (Å²) in [4.78, 5) is 10.5. The summed E-state index contributed by atoms with van der Waals surface area (Å²) in [7, 11) is 0. The Bertz CT molecular complexity index is 372. The quantitative estimate of drug-likeness (QED) is 0.701. The van der Waals surface area contributed by atoms with Crippen molar-refractivity contribution in [3.63, 3.8) is 0 Å². The minimum atomic E-state index is -1.06. The fourth-order valence-electron chi connectivity index (χ4n) is 1.01. The summed E-state index contributed by atoms with van der Waals surface area (Å²) in [5.74, 6) is -0.837. The number of hydrogen-bond donors (Lipinski definition) is 3. The van der Waals surface area contributed by atoms with Crippen LogP contribution in [0.25, 0.3) is 0 Å². The van der Waals surface area contributed by atoms with Crippen molar-refractivity contribution in [2.75, 3.05) is 0 Å². The van der Waals surface area contributed by atoms with Gasteiger partial charge in [0.05, 0.1) is 5.02 Å². The van der Waals surface area contributed by atoms with E-state index in [0.717, 1.165) is 0 Å². The maximum absolute atomic E-state index is 10.5. The van der Waals surface area contributed by atoms with Gasteiger partial charge in [-0.15, -0.1) is 0 Å². The van der Waals surface area contributed by atoms with E-state index in [9.17, 15) is 4.79 Å². The minimum absolute atomic E-state index is 0.188. The molecular formula is C9H10ClNO3. The summed E-state index contributed by atoms with van der Waals surface area (Å²) in [6, 6.07) is 3.70. The molecule has 0 radical (unpaired) electrons. The first-order chi connectivity index (χ1) is 7.04. The summed E-state index contributed by atoms with van der Waals surface area (Å²) >= 11 is 5.76. The van der Waals surface area contributed by atoms with Crippen LogP contribution in [-0.2, 0) is 11.2 Å². The molecule has 0 aliphatic carbocycles. The molecule has 0 saturated heterocycles. The smallest absolute Gasteiger partial charge is 0.320 e. The van der Waals surface area contributed by atoms with Gasteiger partial charge in [0.1, 0.15) is 11.8 Å². The number of aliphatic carboxylic acids is 1. The van der Waals surface area contributed by atoms with E-state index < -0.39 is 12.0 Å². The summed E-state index contributed by atoms with van der Waals surface area (Å²) in [6.07, 6.45) is 0.188. The van der Waals surface area contributed by atoms with Crippen LogP contribution in [0.15, 0.2) is 18.2 Å². The second kappa shape index (κ2) is 4.30. The molecule has 1 rings (SSSR count). The molecule has 4 nitrogen and oxygen atoms in total. The molecule has 0 heterocycles. The maximum Gasteiger partial charge on any atom is 0.320 e. The van der Waals surface area contributed by atoms with Crippen LogP contribution in [0.5, 0.6) is 5.75 Å². The van der Waals surface area contributed by atoms with Gasteiger partial charge in [-0.3, -0.25) is 4.79 Å². The third-order valence-electron chi connectivity index (χ3n) is 1.77. The highest BCUT2D eigenvalue weighted by molar-refractivity contribution is 6.32. The average Bonchev–Trinajstić information content (AvgIpc) is 2.18. The van der Waals surface area contributed by atoms with E-state index in [1.807, 2.05) is 0 Å². The summed E-state index contributed by atoms with van der Waals surface area (Å²) in [6.45, 7) is 0. The second-order valence-electron chi connectivity index (χ2n) is 2.91. The van der Waals surface area contributed by atoms with E-state index in [2.05, 4.69) is 5.11 Å². The van der Waals surface area contributed by atoms with Gasteiger partial charge >= 0.3 is 5.97 Å². The van der Waals surface area contributed by atoms with Gasteiger partial charge in [0.2, 0.25) is 0 Å². The molecule has 0 bridgehead atoms. The molecule has 0 saturated carbocycles. The summed E-state index contributed by atoms with van der Waals surface area (Å²) in [5.41, 5.74) is 6.05. The number of aromatic hydroxyl groups is 1. The predicted molar refractivity (Wildman–Crippen MR) is 52.4 cm³/mol. The molecule has 0 aromatic heterocycles. The third kappa shape index (κ3) is 2.61. The van der Waals surface area contributed by atoms with Crippen molar-refractivity contribution in [1.29, 1.82) is 1.43 Å². The number of hydrogen-bond acceptors (Lipinski definition) is 3. The van der Waals surface area contributed by atoms with Crippen molar-refractivity contribution in [3.05, 3.63) is 28.8 Å². The van der Waals surface area contributed by atoms with Gasteiger partial charge in [-0.2, -0.15) is 0 Å². The van der Waals surface area contributed by atoms with Crippen molar-refractivity contribution >= 4 is 17.6 Å². The van der Waals surface area contributed by atoms with Gasteiger partial charge in [0.25, 0.3) is 1.43 Å². The Labute approximate surface area is 87.4 Å². The number of phenols is 1. The molecule has 0 unspecified atom stereocenters. The average molecular weight is 217 g/mol. The van der Waals surface area contributed by atoms with Crippen LogP contribution in [-0.4, -0.2) is 23.7 Å². The number of phenolic OH excluding ortho intramolecular Hbond substituents is 1. The molecule has 76 valence electrons. The highest BCUT2D eigenvalue weighted by atomic mass is 35.5. The Morgan fingerprint density at radius 2 is 2.43 bits per heavy atom. The monoisotopic (exact) mass is 216 g/mol. The van der Waals surface area contributed by atoms with Gasteiger partial charge < -0.3 is 15.9 Å². The lowest BCUT2D eigenvalue weighted by Crippen LogP contribution is -2.32. The topological polar surface area (TPSA) is 83.5 Å². The number of halogens is 1. The second-order valence-corrected chi connectivity index (χ2v) is 3.32. The number of carbonyl (C=O) groups is 1. The van der Waals surface area contributed by atoms with E-state index in [-0.39, 0.29) is 17.2 Å². The molecular weight excluding hydrogens is 206 g/mol. The molecule has 0 aliphatic heterocycles. The Morgan fingerprint density at radius 3 is 2.93 bits per heavy atom. The highest BCUT2D eigenvalue weighted by Crippen LogP contribution is 2.23. The number of nitrogens with two attached hydrogens (primary N) is 1. The van der Waals surface area contributed by atoms with Crippen molar-refractivity contribution in [3.8, 4) is 5.75 Å². The molecule has 5 heteroatoms. The van der Waals surface area contributed by atoms with Gasteiger partial charge in [0.15, 0.2) is 0 Å². The molecule has 4 N–H and O–H groups in total. The number of rotatable bonds is 4. The number of carboxylic acids is 1. The Hall–Kier alpha value is -1.26. The lowest BCUT2D eigenvalue weighted by atomic mass is 10.1. The zero-order valence-electron chi connectivity index (χ0n) is 8.24. The fourth-order valence-corrected chi connectivity index (χ4v) is 1.22. The van der Waals surface area contributed by atoms with E-state index in [1.54, 1.807) is 6.07 Å². The van der Waals surface area contributed by atoms with Gasteiger partial charge in [-0.05, 0) is 24.1 Å². The number of benzene rings is 1. The normalized spacial score (nSPS) is 13.1. The van der Waals surface area contributed by atoms with Crippen molar-refractivity contribution < 1.29 is 15.0 Å². The third-order valence-corrected chi connectivity index (χ3v) is 2.06.